The molecule has 1 saturated carbocycles. The molecule has 1 atom stereocenters. The number of Topliss-reactive ketones (excluding diaryl/α,β-unsaturated/α-hetero) is 1. The number of carbonyl (C=O) groups excluding carboxylic acids is 1. The van der Waals surface area contributed by atoms with Gasteiger partial charge in [-0.3, -0.25) is 4.79 Å². The number of ketones is 1. The summed E-state index contributed by atoms with van der Waals surface area (Å²) < 4.78 is 64.6. The fourth-order valence-corrected chi connectivity index (χ4v) is 5.44. The topological polar surface area (TPSA) is 54.5 Å². The minimum atomic E-state index is -4.52. The molecule has 126 valence electrons. The molecule has 1 aliphatic carbocycles. The van der Waals surface area contributed by atoms with Gasteiger partial charge in [0.2, 0.25) is 10.0 Å². The average Bonchev–Trinajstić information content (AvgIpc) is 3.07. The second kappa shape index (κ2) is 5.31. The molecule has 0 amide bonds. The van der Waals surface area contributed by atoms with Gasteiger partial charge in [-0.15, -0.1) is 0 Å². The van der Waals surface area contributed by atoms with Gasteiger partial charge in [-0.1, -0.05) is 0 Å². The van der Waals surface area contributed by atoms with E-state index in [2.05, 4.69) is 0 Å². The molecule has 8 heteroatoms. The molecular formula is C15H16F3NO3S. The first-order valence-corrected chi connectivity index (χ1v) is 8.85. The van der Waals surface area contributed by atoms with Gasteiger partial charge in [0.15, 0.2) is 5.78 Å². The van der Waals surface area contributed by atoms with Crippen LogP contribution in [0.15, 0.2) is 29.2 Å². The second-order valence-corrected chi connectivity index (χ2v) is 7.87. The van der Waals surface area contributed by atoms with Gasteiger partial charge in [-0.05, 0) is 49.9 Å². The van der Waals surface area contributed by atoms with E-state index in [1.165, 1.54) is 4.31 Å². The van der Waals surface area contributed by atoms with E-state index in [1.807, 2.05) is 0 Å². The molecule has 4 nitrogen and oxygen atoms in total. The fourth-order valence-electron chi connectivity index (χ4n) is 3.59. The van der Waals surface area contributed by atoms with Gasteiger partial charge in [-0.25, -0.2) is 8.42 Å². The maximum Gasteiger partial charge on any atom is 0.416 e. The van der Waals surface area contributed by atoms with Crippen LogP contribution in [-0.4, -0.2) is 30.6 Å². The number of benzene rings is 1. The monoisotopic (exact) mass is 347 g/mol. The number of hydrogen-bond acceptors (Lipinski definition) is 3. The normalized spacial score (nSPS) is 26.3. The van der Waals surface area contributed by atoms with Crippen LogP contribution in [-0.2, 0) is 21.0 Å². The van der Waals surface area contributed by atoms with Gasteiger partial charge in [0, 0.05) is 13.0 Å². The Balaban J connectivity index is 1.97. The van der Waals surface area contributed by atoms with Crippen LogP contribution >= 0.6 is 0 Å². The molecule has 0 N–H and O–H groups in total. The number of nitrogens with zero attached hydrogens (tertiary/aromatic N) is 1. The lowest BCUT2D eigenvalue weighted by Gasteiger charge is -2.32. The van der Waals surface area contributed by atoms with Gasteiger partial charge >= 0.3 is 6.18 Å². The van der Waals surface area contributed by atoms with Crippen molar-refractivity contribution in [3.63, 3.8) is 0 Å². The van der Waals surface area contributed by atoms with Gasteiger partial charge in [0.1, 0.15) is 0 Å². The minimum Gasteiger partial charge on any atom is -0.298 e. The molecule has 0 aromatic heterocycles. The van der Waals surface area contributed by atoms with Gasteiger partial charge in [0.25, 0.3) is 0 Å². The van der Waals surface area contributed by atoms with Gasteiger partial charge in [-0.2, -0.15) is 17.5 Å². The van der Waals surface area contributed by atoms with E-state index < -0.39 is 27.3 Å². The molecule has 1 aliphatic heterocycles. The standard InChI is InChI=1S/C15H16F3NO3S/c16-15(17,18)11-4-6-12(7-5-11)23(21,22)19-10-2-9-14(19)8-1-3-13(14)20/h4-7H,1-3,8-10H2. The average molecular weight is 347 g/mol. The van der Waals surface area contributed by atoms with Gasteiger partial charge in [0.05, 0.1) is 16.0 Å². The Morgan fingerprint density at radius 2 is 1.65 bits per heavy atom. The van der Waals surface area contributed by atoms with Crippen molar-refractivity contribution in [3.05, 3.63) is 29.8 Å². The molecule has 1 saturated heterocycles. The molecule has 1 aromatic carbocycles. The van der Waals surface area contributed by atoms with Crippen molar-refractivity contribution < 1.29 is 26.4 Å². The van der Waals surface area contributed by atoms with Crippen LogP contribution in [0.3, 0.4) is 0 Å². The van der Waals surface area contributed by atoms with Crippen LogP contribution in [0.2, 0.25) is 0 Å². The lowest BCUT2D eigenvalue weighted by atomic mass is 9.95. The summed E-state index contributed by atoms with van der Waals surface area (Å²) in [6.07, 6.45) is -1.93. The quantitative estimate of drug-likeness (QED) is 0.826. The molecule has 0 bridgehead atoms. The van der Waals surface area contributed by atoms with E-state index in [0.717, 1.165) is 24.3 Å². The largest absolute Gasteiger partial charge is 0.416 e. The predicted molar refractivity (Wildman–Crippen MR) is 76.2 cm³/mol. The maximum absolute atomic E-state index is 12.8. The number of rotatable bonds is 2. The Labute approximate surface area is 132 Å². The van der Waals surface area contributed by atoms with Crippen molar-refractivity contribution in [1.29, 1.82) is 0 Å². The summed E-state index contributed by atoms with van der Waals surface area (Å²) in [4.78, 5) is 12.0. The highest BCUT2D eigenvalue weighted by Gasteiger charge is 2.54. The summed E-state index contributed by atoms with van der Waals surface area (Å²) in [5, 5.41) is 0. The first-order valence-electron chi connectivity index (χ1n) is 7.41. The smallest absolute Gasteiger partial charge is 0.298 e. The zero-order valence-electron chi connectivity index (χ0n) is 12.3. The Hall–Kier alpha value is -1.41. The summed E-state index contributed by atoms with van der Waals surface area (Å²) in [5.41, 5.74) is -1.88. The van der Waals surface area contributed by atoms with Crippen molar-refractivity contribution in [2.45, 2.75) is 48.7 Å². The summed E-state index contributed by atoms with van der Waals surface area (Å²) in [5.74, 6) is -0.0783. The highest BCUT2D eigenvalue weighted by molar-refractivity contribution is 7.89. The Bertz CT molecular complexity index is 723. The SMILES string of the molecule is O=C1CCCC12CCCN2S(=O)(=O)c1ccc(C(F)(F)F)cc1. The lowest BCUT2D eigenvalue weighted by Crippen LogP contribution is -2.50. The molecule has 0 radical (unpaired) electrons. The summed E-state index contributed by atoms with van der Waals surface area (Å²) >= 11 is 0. The van der Waals surface area contributed by atoms with Crippen LogP contribution < -0.4 is 0 Å². The molecule has 2 aliphatic rings. The van der Waals surface area contributed by atoms with Crippen molar-refractivity contribution in [3.8, 4) is 0 Å². The van der Waals surface area contributed by atoms with Crippen LogP contribution in [0.1, 0.15) is 37.7 Å². The number of hydrogen-bond donors (Lipinski definition) is 0. The number of alkyl halides is 3. The summed E-state index contributed by atoms with van der Waals surface area (Å²) in [6.45, 7) is 0.231. The van der Waals surface area contributed by atoms with E-state index in [4.69, 9.17) is 0 Å². The van der Waals surface area contributed by atoms with Crippen LogP contribution in [0.25, 0.3) is 0 Å². The Kier molecular flexibility index (Phi) is 3.79. The molecule has 3 rings (SSSR count). The van der Waals surface area contributed by atoms with Crippen LogP contribution in [0.4, 0.5) is 13.2 Å². The molecular weight excluding hydrogens is 331 g/mol. The van der Waals surface area contributed by atoms with Crippen LogP contribution in [0.5, 0.6) is 0 Å². The van der Waals surface area contributed by atoms with E-state index >= 15 is 0 Å². The fraction of sp³-hybridized carbons (Fsp3) is 0.533. The Morgan fingerprint density at radius 1 is 1.04 bits per heavy atom. The van der Waals surface area contributed by atoms with E-state index in [1.54, 1.807) is 0 Å². The first-order chi connectivity index (χ1) is 10.7. The number of halogens is 3. The third kappa shape index (κ3) is 2.57. The highest BCUT2D eigenvalue weighted by atomic mass is 32.2. The predicted octanol–water partition coefficient (Wildman–Crippen LogP) is 2.98. The maximum atomic E-state index is 12.8. The minimum absolute atomic E-state index is 0.0783. The molecule has 1 spiro atoms. The lowest BCUT2D eigenvalue weighted by molar-refractivity contribution is -0.137. The summed E-state index contributed by atoms with van der Waals surface area (Å²) in [6, 6.07) is 3.44. The molecule has 1 unspecified atom stereocenters. The Morgan fingerprint density at radius 3 is 2.17 bits per heavy atom. The molecule has 2 fully saturated rings. The van der Waals surface area contributed by atoms with E-state index in [-0.39, 0.29) is 17.2 Å². The molecule has 1 aromatic rings. The number of carbonyl (C=O) groups is 1. The number of sulfonamides is 1. The third-order valence-corrected chi connectivity index (χ3v) is 6.69. The highest BCUT2D eigenvalue weighted by Crippen LogP contribution is 2.43. The zero-order chi connectivity index (χ0) is 16.9. The van der Waals surface area contributed by atoms with Crippen molar-refractivity contribution in [2.75, 3.05) is 6.54 Å². The van der Waals surface area contributed by atoms with Crippen molar-refractivity contribution in [2.24, 2.45) is 0 Å². The summed E-state index contributed by atoms with van der Waals surface area (Å²) in [7, 11) is -3.98. The second-order valence-electron chi connectivity index (χ2n) is 6.01. The van der Waals surface area contributed by atoms with Crippen molar-refractivity contribution >= 4 is 15.8 Å². The first kappa shape index (κ1) is 16.4. The van der Waals surface area contributed by atoms with E-state index in [9.17, 15) is 26.4 Å². The van der Waals surface area contributed by atoms with Crippen molar-refractivity contribution in [1.82, 2.24) is 4.31 Å². The molecule has 23 heavy (non-hydrogen) atoms. The van der Waals surface area contributed by atoms with Gasteiger partial charge < -0.3 is 0 Å². The van der Waals surface area contributed by atoms with Crippen LogP contribution in [0, 0.1) is 0 Å². The third-order valence-electron chi connectivity index (χ3n) is 4.71. The van der Waals surface area contributed by atoms with E-state index in [0.29, 0.717) is 32.1 Å². The zero-order valence-corrected chi connectivity index (χ0v) is 13.1. The molecule has 1 heterocycles.